The first-order chi connectivity index (χ1) is 10.7. The molecule has 0 aromatic carbocycles. The van der Waals surface area contributed by atoms with Crippen LogP contribution < -0.4 is 0 Å². The second kappa shape index (κ2) is 12.8. The fraction of sp³-hybridized carbons (Fsp3) is 0.950. The average Bonchev–Trinajstić information content (AvgIpc) is 2.45. The minimum absolute atomic E-state index is 0.152. The molecular weight excluding hydrogens is 288 g/mol. The van der Waals surface area contributed by atoms with Gasteiger partial charge in [-0.3, -0.25) is 0 Å². The maximum absolute atomic E-state index is 10.7. The lowest BCUT2D eigenvalue weighted by molar-refractivity contribution is -0.149. The Balaban J connectivity index is 3.63. The molecule has 0 amide bonds. The Labute approximate surface area is 143 Å². The van der Waals surface area contributed by atoms with Gasteiger partial charge in [0.15, 0.2) is 6.10 Å². The van der Waals surface area contributed by atoms with E-state index in [9.17, 15) is 9.90 Å². The minimum atomic E-state index is -1.21. The first-order valence-electron chi connectivity index (χ1n) is 9.64. The number of aliphatic carboxylic acids is 1. The van der Waals surface area contributed by atoms with E-state index >= 15 is 0 Å². The molecule has 0 spiro atoms. The number of rotatable bonds is 14. The van der Waals surface area contributed by atoms with Crippen molar-refractivity contribution in [1.82, 2.24) is 0 Å². The molecule has 0 saturated heterocycles. The van der Waals surface area contributed by atoms with Gasteiger partial charge < -0.3 is 10.2 Å². The summed E-state index contributed by atoms with van der Waals surface area (Å²) in [6.45, 7) is 11.1. The number of aliphatic hydroxyl groups excluding tert-OH is 1. The number of hydrogen-bond acceptors (Lipinski definition) is 2. The lowest BCUT2D eigenvalue weighted by Crippen LogP contribution is -2.27. The molecule has 0 aromatic rings. The van der Waals surface area contributed by atoms with Crippen molar-refractivity contribution < 1.29 is 15.0 Å². The molecule has 4 unspecified atom stereocenters. The molecule has 0 saturated carbocycles. The number of aliphatic hydroxyl groups is 1. The van der Waals surface area contributed by atoms with Crippen molar-refractivity contribution >= 4 is 5.97 Å². The second-order valence-corrected chi connectivity index (χ2v) is 8.16. The SMILES string of the molecule is CC(C)CCCC(C)CCCC(C)CCCC(C)C(O)C(=O)O. The molecule has 4 atom stereocenters. The maximum Gasteiger partial charge on any atom is 0.332 e. The molecular formula is C20H40O3. The number of hydrogen-bond donors (Lipinski definition) is 2. The van der Waals surface area contributed by atoms with Gasteiger partial charge in [-0.1, -0.05) is 86.0 Å². The summed E-state index contributed by atoms with van der Waals surface area (Å²) in [7, 11) is 0. The zero-order chi connectivity index (χ0) is 17.8. The van der Waals surface area contributed by atoms with Crippen LogP contribution in [0.4, 0.5) is 0 Å². The molecule has 0 aliphatic rings. The Hall–Kier alpha value is -0.570. The van der Waals surface area contributed by atoms with Crippen LogP contribution in [-0.2, 0) is 4.79 Å². The normalized spacial score (nSPS) is 17.0. The van der Waals surface area contributed by atoms with E-state index in [0.29, 0.717) is 5.92 Å². The monoisotopic (exact) mass is 328 g/mol. The molecule has 23 heavy (non-hydrogen) atoms. The minimum Gasteiger partial charge on any atom is -0.479 e. The molecule has 0 aliphatic heterocycles. The quantitative estimate of drug-likeness (QED) is 0.442. The van der Waals surface area contributed by atoms with Crippen molar-refractivity contribution in [3.05, 3.63) is 0 Å². The first kappa shape index (κ1) is 22.4. The van der Waals surface area contributed by atoms with Crippen LogP contribution in [0.2, 0.25) is 0 Å². The molecule has 0 rings (SSSR count). The second-order valence-electron chi connectivity index (χ2n) is 8.16. The summed E-state index contributed by atoms with van der Waals surface area (Å²) in [4.78, 5) is 10.7. The van der Waals surface area contributed by atoms with Crippen molar-refractivity contribution in [2.45, 2.75) is 98.5 Å². The van der Waals surface area contributed by atoms with Crippen LogP contribution in [0, 0.1) is 23.7 Å². The highest BCUT2D eigenvalue weighted by atomic mass is 16.4. The van der Waals surface area contributed by atoms with Crippen LogP contribution in [0.25, 0.3) is 0 Å². The summed E-state index contributed by atoms with van der Waals surface area (Å²) < 4.78 is 0. The molecule has 3 heteroatoms. The molecule has 0 aromatic heterocycles. The van der Waals surface area contributed by atoms with Gasteiger partial charge in [-0.15, -0.1) is 0 Å². The molecule has 2 N–H and O–H groups in total. The van der Waals surface area contributed by atoms with Gasteiger partial charge in [-0.05, 0) is 30.1 Å². The number of carboxylic acids is 1. The zero-order valence-electron chi connectivity index (χ0n) is 16.1. The Bertz CT molecular complexity index is 301. The zero-order valence-corrected chi connectivity index (χ0v) is 16.1. The van der Waals surface area contributed by atoms with Gasteiger partial charge in [0.05, 0.1) is 0 Å². The average molecular weight is 329 g/mol. The van der Waals surface area contributed by atoms with Gasteiger partial charge >= 0.3 is 5.97 Å². The third kappa shape index (κ3) is 12.5. The summed E-state index contributed by atoms with van der Waals surface area (Å²) in [5.74, 6) is 1.11. The van der Waals surface area contributed by atoms with Crippen LogP contribution in [0.5, 0.6) is 0 Å². The van der Waals surface area contributed by atoms with E-state index in [1.165, 1.54) is 38.5 Å². The van der Waals surface area contributed by atoms with Gasteiger partial charge in [-0.25, -0.2) is 4.79 Å². The van der Waals surface area contributed by atoms with Gasteiger partial charge in [0.25, 0.3) is 0 Å². The van der Waals surface area contributed by atoms with Gasteiger partial charge in [0.2, 0.25) is 0 Å². The van der Waals surface area contributed by atoms with E-state index in [1.807, 2.05) is 6.92 Å². The smallest absolute Gasteiger partial charge is 0.332 e. The lowest BCUT2D eigenvalue weighted by atomic mass is 9.90. The van der Waals surface area contributed by atoms with Crippen molar-refractivity contribution in [2.24, 2.45) is 23.7 Å². The summed E-state index contributed by atoms with van der Waals surface area (Å²) >= 11 is 0. The molecule has 3 nitrogen and oxygen atoms in total. The molecule has 0 bridgehead atoms. The Morgan fingerprint density at radius 1 is 0.739 bits per heavy atom. The van der Waals surface area contributed by atoms with Crippen molar-refractivity contribution in [3.63, 3.8) is 0 Å². The highest BCUT2D eigenvalue weighted by Crippen LogP contribution is 2.22. The van der Waals surface area contributed by atoms with E-state index in [2.05, 4.69) is 27.7 Å². The maximum atomic E-state index is 10.7. The van der Waals surface area contributed by atoms with E-state index in [-0.39, 0.29) is 5.92 Å². The van der Waals surface area contributed by atoms with Gasteiger partial charge in [-0.2, -0.15) is 0 Å². The summed E-state index contributed by atoms with van der Waals surface area (Å²) in [5.41, 5.74) is 0. The largest absolute Gasteiger partial charge is 0.479 e. The van der Waals surface area contributed by atoms with Gasteiger partial charge in [0, 0.05) is 0 Å². The van der Waals surface area contributed by atoms with Crippen LogP contribution in [0.1, 0.15) is 92.4 Å². The highest BCUT2D eigenvalue weighted by Gasteiger charge is 2.21. The number of carbonyl (C=O) groups is 1. The van der Waals surface area contributed by atoms with Crippen molar-refractivity contribution in [2.75, 3.05) is 0 Å². The molecule has 0 radical (unpaired) electrons. The fourth-order valence-corrected chi connectivity index (χ4v) is 3.17. The van der Waals surface area contributed by atoms with Crippen molar-refractivity contribution in [3.8, 4) is 0 Å². The van der Waals surface area contributed by atoms with E-state index in [4.69, 9.17) is 5.11 Å². The number of carboxylic acid groups (broad SMARTS) is 1. The lowest BCUT2D eigenvalue weighted by Gasteiger charge is -2.17. The molecule has 0 heterocycles. The Morgan fingerprint density at radius 2 is 1.13 bits per heavy atom. The summed E-state index contributed by atoms with van der Waals surface area (Å²) in [5, 5.41) is 18.2. The summed E-state index contributed by atoms with van der Waals surface area (Å²) in [6.07, 6.45) is 9.70. The molecule has 0 fully saturated rings. The Morgan fingerprint density at radius 3 is 1.52 bits per heavy atom. The molecule has 138 valence electrons. The van der Waals surface area contributed by atoms with Crippen LogP contribution >= 0.6 is 0 Å². The van der Waals surface area contributed by atoms with Crippen molar-refractivity contribution in [1.29, 1.82) is 0 Å². The van der Waals surface area contributed by atoms with E-state index in [0.717, 1.165) is 31.1 Å². The third-order valence-corrected chi connectivity index (χ3v) is 5.02. The third-order valence-electron chi connectivity index (χ3n) is 5.02. The van der Waals surface area contributed by atoms with E-state index < -0.39 is 12.1 Å². The topological polar surface area (TPSA) is 57.5 Å². The van der Waals surface area contributed by atoms with Crippen LogP contribution in [-0.4, -0.2) is 22.3 Å². The molecule has 0 aliphatic carbocycles. The standard InChI is InChI=1S/C20H40O3/c1-15(2)9-6-10-16(3)11-7-12-17(4)13-8-14-18(5)19(21)20(22)23/h15-19,21H,6-14H2,1-5H3,(H,22,23). The van der Waals surface area contributed by atoms with Crippen LogP contribution in [0.15, 0.2) is 0 Å². The van der Waals surface area contributed by atoms with E-state index in [1.54, 1.807) is 0 Å². The van der Waals surface area contributed by atoms with Gasteiger partial charge in [0.1, 0.15) is 0 Å². The first-order valence-corrected chi connectivity index (χ1v) is 9.64. The fourth-order valence-electron chi connectivity index (χ4n) is 3.17. The predicted octanol–water partition coefficient (Wildman–Crippen LogP) is 5.51. The van der Waals surface area contributed by atoms with Crippen LogP contribution in [0.3, 0.4) is 0 Å². The predicted molar refractivity (Wildman–Crippen MR) is 97.5 cm³/mol. The summed E-state index contributed by atoms with van der Waals surface area (Å²) in [6, 6.07) is 0. The Kier molecular flexibility index (Phi) is 12.5. The highest BCUT2D eigenvalue weighted by molar-refractivity contribution is 5.72.